The second-order valence-corrected chi connectivity index (χ2v) is 3.10. The van der Waals surface area contributed by atoms with Gasteiger partial charge in [-0.15, -0.1) is 0 Å². The molecule has 0 saturated carbocycles. The monoisotopic (exact) mass is 170 g/mol. The molecule has 0 spiro atoms. The molecular weight excluding hydrogens is 152 g/mol. The molecule has 1 heterocycles. The SMILES string of the molecule is C/C=N/OC1CCN(CC)CC1. The van der Waals surface area contributed by atoms with Crippen LogP contribution in [0.2, 0.25) is 0 Å². The van der Waals surface area contributed by atoms with Crippen molar-refractivity contribution in [1.82, 2.24) is 4.90 Å². The Morgan fingerprint density at radius 2 is 2.17 bits per heavy atom. The highest BCUT2D eigenvalue weighted by Gasteiger charge is 2.18. The third-order valence-electron chi connectivity index (χ3n) is 2.30. The van der Waals surface area contributed by atoms with Crippen LogP contribution in [0.25, 0.3) is 0 Å². The smallest absolute Gasteiger partial charge is 0.130 e. The van der Waals surface area contributed by atoms with Crippen LogP contribution in [0, 0.1) is 0 Å². The van der Waals surface area contributed by atoms with E-state index in [2.05, 4.69) is 17.0 Å². The summed E-state index contributed by atoms with van der Waals surface area (Å²) in [5.74, 6) is 0. The second kappa shape index (κ2) is 5.14. The van der Waals surface area contributed by atoms with Gasteiger partial charge >= 0.3 is 0 Å². The van der Waals surface area contributed by atoms with Crippen molar-refractivity contribution in [2.45, 2.75) is 32.8 Å². The number of nitrogens with zero attached hydrogens (tertiary/aromatic N) is 2. The van der Waals surface area contributed by atoms with Crippen LogP contribution in [0.1, 0.15) is 26.7 Å². The van der Waals surface area contributed by atoms with E-state index in [0.717, 1.165) is 32.5 Å². The first kappa shape index (κ1) is 9.52. The molecule has 1 rings (SSSR count). The number of rotatable bonds is 3. The topological polar surface area (TPSA) is 24.8 Å². The number of hydrogen-bond acceptors (Lipinski definition) is 3. The molecule has 0 aliphatic carbocycles. The normalized spacial score (nSPS) is 21.8. The van der Waals surface area contributed by atoms with Crippen molar-refractivity contribution in [2.24, 2.45) is 5.16 Å². The zero-order valence-electron chi connectivity index (χ0n) is 7.99. The Morgan fingerprint density at radius 3 is 2.67 bits per heavy atom. The molecule has 0 N–H and O–H groups in total. The molecule has 70 valence electrons. The molecule has 3 heteroatoms. The molecule has 1 aliphatic heterocycles. The maximum absolute atomic E-state index is 5.27. The highest BCUT2D eigenvalue weighted by Crippen LogP contribution is 2.12. The van der Waals surface area contributed by atoms with E-state index in [4.69, 9.17) is 4.84 Å². The third-order valence-corrected chi connectivity index (χ3v) is 2.30. The van der Waals surface area contributed by atoms with E-state index < -0.39 is 0 Å². The van der Waals surface area contributed by atoms with Gasteiger partial charge in [-0.2, -0.15) is 0 Å². The average molecular weight is 170 g/mol. The van der Waals surface area contributed by atoms with Gasteiger partial charge in [-0.05, 0) is 26.3 Å². The van der Waals surface area contributed by atoms with Crippen molar-refractivity contribution in [3.63, 3.8) is 0 Å². The molecule has 1 saturated heterocycles. The fraction of sp³-hybridized carbons (Fsp3) is 0.889. The van der Waals surface area contributed by atoms with Crippen molar-refractivity contribution >= 4 is 6.21 Å². The molecule has 1 fully saturated rings. The predicted octanol–water partition coefficient (Wildman–Crippen LogP) is 1.49. The van der Waals surface area contributed by atoms with E-state index >= 15 is 0 Å². The number of oxime groups is 1. The van der Waals surface area contributed by atoms with E-state index in [-0.39, 0.29) is 0 Å². The zero-order chi connectivity index (χ0) is 8.81. The van der Waals surface area contributed by atoms with E-state index in [1.165, 1.54) is 0 Å². The van der Waals surface area contributed by atoms with E-state index in [1.54, 1.807) is 6.21 Å². The molecule has 0 aromatic heterocycles. The fourth-order valence-corrected chi connectivity index (χ4v) is 1.48. The molecule has 3 nitrogen and oxygen atoms in total. The highest BCUT2D eigenvalue weighted by atomic mass is 16.6. The summed E-state index contributed by atoms with van der Waals surface area (Å²) >= 11 is 0. The summed E-state index contributed by atoms with van der Waals surface area (Å²) < 4.78 is 0. The Kier molecular flexibility index (Phi) is 4.08. The highest BCUT2D eigenvalue weighted by molar-refractivity contribution is 5.52. The van der Waals surface area contributed by atoms with Gasteiger partial charge in [0, 0.05) is 19.3 Å². The van der Waals surface area contributed by atoms with Crippen LogP contribution < -0.4 is 0 Å². The summed E-state index contributed by atoms with van der Waals surface area (Å²) in [6.45, 7) is 7.54. The Balaban J connectivity index is 2.17. The number of piperidine rings is 1. The van der Waals surface area contributed by atoms with Gasteiger partial charge in [-0.1, -0.05) is 12.1 Å². The van der Waals surface area contributed by atoms with Crippen LogP contribution in [0.4, 0.5) is 0 Å². The largest absolute Gasteiger partial charge is 0.393 e. The summed E-state index contributed by atoms with van der Waals surface area (Å²) in [5.41, 5.74) is 0. The first-order valence-corrected chi connectivity index (χ1v) is 4.73. The molecule has 0 amide bonds. The summed E-state index contributed by atoms with van der Waals surface area (Å²) in [6.07, 6.45) is 4.28. The van der Waals surface area contributed by atoms with Gasteiger partial charge < -0.3 is 9.74 Å². The lowest BCUT2D eigenvalue weighted by Crippen LogP contribution is -2.36. The Labute approximate surface area is 74.4 Å². The van der Waals surface area contributed by atoms with Crippen molar-refractivity contribution in [1.29, 1.82) is 0 Å². The van der Waals surface area contributed by atoms with Gasteiger partial charge in [0.25, 0.3) is 0 Å². The molecule has 0 bridgehead atoms. The van der Waals surface area contributed by atoms with E-state index in [9.17, 15) is 0 Å². The van der Waals surface area contributed by atoms with Gasteiger partial charge in [-0.25, -0.2) is 0 Å². The minimum atomic E-state index is 0.351. The lowest BCUT2D eigenvalue weighted by molar-refractivity contribution is 0.0127. The quantitative estimate of drug-likeness (QED) is 0.473. The fourth-order valence-electron chi connectivity index (χ4n) is 1.48. The van der Waals surface area contributed by atoms with Crippen LogP contribution in [0.3, 0.4) is 0 Å². The first-order valence-electron chi connectivity index (χ1n) is 4.73. The number of hydrogen-bond donors (Lipinski definition) is 0. The van der Waals surface area contributed by atoms with E-state index in [0.29, 0.717) is 6.10 Å². The molecule has 12 heavy (non-hydrogen) atoms. The van der Waals surface area contributed by atoms with Crippen LogP contribution >= 0.6 is 0 Å². The molecule has 1 aliphatic rings. The lowest BCUT2D eigenvalue weighted by atomic mass is 10.1. The minimum Gasteiger partial charge on any atom is -0.393 e. The standard InChI is InChI=1S/C9H18N2O/c1-3-10-12-9-5-7-11(4-2)8-6-9/h3,9H,4-8H2,1-2H3/b10-3+. The zero-order valence-corrected chi connectivity index (χ0v) is 7.99. The number of likely N-dealkylation sites (tertiary alicyclic amines) is 1. The van der Waals surface area contributed by atoms with Crippen LogP contribution in [0.5, 0.6) is 0 Å². The van der Waals surface area contributed by atoms with Gasteiger partial charge in [-0.3, -0.25) is 0 Å². The van der Waals surface area contributed by atoms with Gasteiger partial charge in [0.2, 0.25) is 0 Å². The molecule has 0 aromatic rings. The average Bonchev–Trinajstić information content (AvgIpc) is 2.15. The molecule has 0 radical (unpaired) electrons. The van der Waals surface area contributed by atoms with Gasteiger partial charge in [0.05, 0.1) is 0 Å². The molecular formula is C9H18N2O. The maximum Gasteiger partial charge on any atom is 0.130 e. The lowest BCUT2D eigenvalue weighted by Gasteiger charge is -2.29. The second-order valence-electron chi connectivity index (χ2n) is 3.10. The predicted molar refractivity (Wildman–Crippen MR) is 50.4 cm³/mol. The molecule has 0 unspecified atom stereocenters. The van der Waals surface area contributed by atoms with Gasteiger partial charge in [0.15, 0.2) is 0 Å². The van der Waals surface area contributed by atoms with Crippen molar-refractivity contribution in [3.8, 4) is 0 Å². The summed E-state index contributed by atoms with van der Waals surface area (Å²) in [4.78, 5) is 7.71. The molecule has 0 aromatic carbocycles. The Morgan fingerprint density at radius 1 is 1.50 bits per heavy atom. The Bertz CT molecular complexity index is 139. The van der Waals surface area contributed by atoms with Crippen molar-refractivity contribution < 1.29 is 4.84 Å². The van der Waals surface area contributed by atoms with Gasteiger partial charge in [0.1, 0.15) is 6.10 Å². The first-order chi connectivity index (χ1) is 5.86. The van der Waals surface area contributed by atoms with Crippen LogP contribution in [0.15, 0.2) is 5.16 Å². The summed E-state index contributed by atoms with van der Waals surface area (Å²) in [5, 5.41) is 3.80. The summed E-state index contributed by atoms with van der Waals surface area (Å²) in [7, 11) is 0. The summed E-state index contributed by atoms with van der Waals surface area (Å²) in [6, 6.07) is 0. The van der Waals surface area contributed by atoms with Crippen molar-refractivity contribution in [3.05, 3.63) is 0 Å². The van der Waals surface area contributed by atoms with Crippen LogP contribution in [-0.4, -0.2) is 36.9 Å². The van der Waals surface area contributed by atoms with E-state index in [1.807, 2.05) is 6.92 Å². The van der Waals surface area contributed by atoms with Crippen LogP contribution in [-0.2, 0) is 4.84 Å². The van der Waals surface area contributed by atoms with Crippen molar-refractivity contribution in [2.75, 3.05) is 19.6 Å². The minimum absolute atomic E-state index is 0.351. The third kappa shape index (κ3) is 2.81. The Hall–Kier alpha value is -0.570. The maximum atomic E-state index is 5.27. The molecule has 0 atom stereocenters.